The molecule has 0 saturated carbocycles. The minimum atomic E-state index is -0.0575. The van der Waals surface area contributed by atoms with Gasteiger partial charge in [-0.1, -0.05) is 35.0 Å². The lowest BCUT2D eigenvalue weighted by Gasteiger charge is -2.41. The predicted molar refractivity (Wildman–Crippen MR) is 91.0 cm³/mol. The number of ether oxygens (including phenoxy) is 1. The predicted octanol–water partition coefficient (Wildman–Crippen LogP) is 3.75. The lowest BCUT2D eigenvalue weighted by atomic mass is 9.76. The molecule has 1 aromatic carbocycles. The second-order valence-corrected chi connectivity index (χ2v) is 7.41. The fraction of sp³-hybridized carbons (Fsp3) is 0.611. The Morgan fingerprint density at radius 3 is 2.82 bits per heavy atom. The summed E-state index contributed by atoms with van der Waals surface area (Å²) in [5.74, 6) is 0.161. The van der Waals surface area contributed by atoms with Crippen LogP contribution in [0.5, 0.6) is 0 Å². The number of halogens is 1. The van der Waals surface area contributed by atoms with E-state index >= 15 is 0 Å². The number of carbonyl (C=O) groups is 1. The second-order valence-electron chi connectivity index (χ2n) is 6.56. The summed E-state index contributed by atoms with van der Waals surface area (Å²) in [6.07, 6.45) is 4.36. The number of hydrogen-bond acceptors (Lipinski definition) is 3. The van der Waals surface area contributed by atoms with E-state index in [2.05, 4.69) is 53.0 Å². The summed E-state index contributed by atoms with van der Waals surface area (Å²) in [6, 6.07) is 7.52. The minimum absolute atomic E-state index is 0.0480. The monoisotopic (exact) mass is 365 g/mol. The fourth-order valence-corrected chi connectivity index (χ4v) is 5.02. The van der Waals surface area contributed by atoms with E-state index in [1.807, 2.05) is 0 Å². The molecule has 22 heavy (non-hydrogen) atoms. The largest absolute Gasteiger partial charge is 0.469 e. The van der Waals surface area contributed by atoms with Crippen molar-refractivity contribution in [3.63, 3.8) is 0 Å². The zero-order valence-electron chi connectivity index (χ0n) is 13.5. The van der Waals surface area contributed by atoms with Gasteiger partial charge in [-0.2, -0.15) is 0 Å². The molecule has 4 unspecified atom stereocenters. The van der Waals surface area contributed by atoms with Crippen LogP contribution in [0.25, 0.3) is 0 Å². The van der Waals surface area contributed by atoms with Crippen molar-refractivity contribution in [1.29, 1.82) is 0 Å². The lowest BCUT2D eigenvalue weighted by Crippen LogP contribution is -2.49. The summed E-state index contributed by atoms with van der Waals surface area (Å²) in [6.45, 7) is 2.16. The van der Waals surface area contributed by atoms with Gasteiger partial charge in [-0.3, -0.25) is 9.69 Å². The van der Waals surface area contributed by atoms with E-state index in [-0.39, 0.29) is 17.8 Å². The number of aryl methyl sites for hydroxylation is 1. The van der Waals surface area contributed by atoms with Crippen molar-refractivity contribution < 1.29 is 9.53 Å². The van der Waals surface area contributed by atoms with Gasteiger partial charge in [-0.05, 0) is 49.9 Å². The standard InChI is InChI=1S/C18H24BrNO2/c1-4-11-5-6-12(9-15(11)19)14-10-13-7-8-16(20(13)2)17(14)18(21)22-3/h5-6,9,13-14,16-17H,4,7-8,10H2,1-3H3. The molecular weight excluding hydrogens is 342 g/mol. The maximum absolute atomic E-state index is 12.4. The van der Waals surface area contributed by atoms with Gasteiger partial charge < -0.3 is 4.74 Å². The normalized spacial score (nSPS) is 31.3. The number of esters is 1. The third-order valence-corrected chi connectivity index (χ3v) is 6.37. The third-order valence-electron chi connectivity index (χ3n) is 5.63. The molecule has 3 rings (SSSR count). The number of nitrogens with zero attached hydrogens (tertiary/aromatic N) is 1. The number of carbonyl (C=O) groups excluding carboxylic acids is 1. The Labute approximate surface area is 141 Å². The highest BCUT2D eigenvalue weighted by atomic mass is 79.9. The first-order valence-electron chi connectivity index (χ1n) is 8.14. The molecule has 0 spiro atoms. The Morgan fingerprint density at radius 2 is 2.18 bits per heavy atom. The molecule has 2 bridgehead atoms. The molecule has 0 N–H and O–H groups in total. The average molecular weight is 366 g/mol. The quantitative estimate of drug-likeness (QED) is 0.763. The summed E-state index contributed by atoms with van der Waals surface area (Å²) in [5, 5.41) is 0. The molecule has 1 aromatic rings. The molecule has 2 heterocycles. The van der Waals surface area contributed by atoms with Crippen LogP contribution in [0.1, 0.15) is 43.2 Å². The van der Waals surface area contributed by atoms with Gasteiger partial charge in [-0.25, -0.2) is 0 Å². The third kappa shape index (κ3) is 2.61. The van der Waals surface area contributed by atoms with Gasteiger partial charge in [0.2, 0.25) is 0 Å². The molecule has 2 fully saturated rings. The maximum atomic E-state index is 12.4. The van der Waals surface area contributed by atoms with E-state index in [1.54, 1.807) is 0 Å². The van der Waals surface area contributed by atoms with Crippen molar-refractivity contribution in [2.45, 2.75) is 50.6 Å². The number of hydrogen-bond donors (Lipinski definition) is 0. The molecule has 0 aliphatic carbocycles. The van der Waals surface area contributed by atoms with Gasteiger partial charge in [0.1, 0.15) is 0 Å². The first-order valence-corrected chi connectivity index (χ1v) is 8.94. The molecule has 2 aliphatic heterocycles. The van der Waals surface area contributed by atoms with Crippen LogP contribution in [0.4, 0.5) is 0 Å². The molecule has 4 heteroatoms. The van der Waals surface area contributed by atoms with Crippen molar-refractivity contribution in [3.8, 4) is 0 Å². The van der Waals surface area contributed by atoms with Gasteiger partial charge in [0.15, 0.2) is 0 Å². The summed E-state index contributed by atoms with van der Waals surface area (Å²) in [7, 11) is 3.67. The molecule has 2 aliphatic rings. The van der Waals surface area contributed by atoms with E-state index in [0.29, 0.717) is 12.1 Å². The zero-order valence-corrected chi connectivity index (χ0v) is 15.1. The molecular formula is C18H24BrNO2. The van der Waals surface area contributed by atoms with Crippen molar-refractivity contribution in [1.82, 2.24) is 4.90 Å². The first kappa shape index (κ1) is 16.0. The first-order chi connectivity index (χ1) is 10.6. The molecule has 3 nitrogen and oxygen atoms in total. The summed E-state index contributed by atoms with van der Waals surface area (Å²) in [5.41, 5.74) is 2.58. The van der Waals surface area contributed by atoms with Gasteiger partial charge in [0.25, 0.3) is 0 Å². The van der Waals surface area contributed by atoms with E-state index in [0.717, 1.165) is 23.7 Å². The highest BCUT2D eigenvalue weighted by molar-refractivity contribution is 9.10. The van der Waals surface area contributed by atoms with Gasteiger partial charge in [0, 0.05) is 22.5 Å². The Bertz CT molecular complexity index is 574. The van der Waals surface area contributed by atoms with E-state index in [4.69, 9.17) is 4.74 Å². The second kappa shape index (κ2) is 6.32. The van der Waals surface area contributed by atoms with Crippen molar-refractivity contribution >= 4 is 21.9 Å². The lowest BCUT2D eigenvalue weighted by molar-refractivity contribution is -0.150. The number of fused-ring (bicyclic) bond motifs is 2. The minimum Gasteiger partial charge on any atom is -0.469 e. The van der Waals surface area contributed by atoms with Crippen LogP contribution in [-0.2, 0) is 16.0 Å². The van der Waals surface area contributed by atoms with Crippen molar-refractivity contribution in [2.24, 2.45) is 5.92 Å². The van der Waals surface area contributed by atoms with E-state index < -0.39 is 0 Å². The van der Waals surface area contributed by atoms with Crippen molar-refractivity contribution in [3.05, 3.63) is 33.8 Å². The Morgan fingerprint density at radius 1 is 1.41 bits per heavy atom. The zero-order chi connectivity index (χ0) is 15.9. The van der Waals surface area contributed by atoms with E-state index in [1.165, 1.54) is 24.7 Å². The van der Waals surface area contributed by atoms with Crippen LogP contribution in [0.2, 0.25) is 0 Å². The van der Waals surface area contributed by atoms with Crippen molar-refractivity contribution in [2.75, 3.05) is 14.2 Å². The summed E-state index contributed by atoms with van der Waals surface area (Å²) in [4.78, 5) is 14.8. The molecule has 4 atom stereocenters. The van der Waals surface area contributed by atoms with Crippen LogP contribution in [0.15, 0.2) is 22.7 Å². The van der Waals surface area contributed by atoms with Crippen LogP contribution >= 0.6 is 15.9 Å². The highest BCUT2D eigenvalue weighted by Gasteiger charge is 2.49. The molecule has 0 radical (unpaired) electrons. The van der Waals surface area contributed by atoms with Crippen LogP contribution in [0.3, 0.4) is 0 Å². The van der Waals surface area contributed by atoms with Crippen LogP contribution in [0, 0.1) is 5.92 Å². The molecule has 2 saturated heterocycles. The topological polar surface area (TPSA) is 29.5 Å². The Hall–Kier alpha value is -0.870. The smallest absolute Gasteiger partial charge is 0.310 e. The Balaban J connectivity index is 1.97. The van der Waals surface area contributed by atoms with Crippen LogP contribution < -0.4 is 0 Å². The number of rotatable bonds is 3. The molecule has 0 aromatic heterocycles. The summed E-state index contributed by atoms with van der Waals surface area (Å²) < 4.78 is 6.29. The number of benzene rings is 1. The van der Waals surface area contributed by atoms with Gasteiger partial charge >= 0.3 is 5.97 Å². The highest BCUT2D eigenvalue weighted by Crippen LogP contribution is 2.47. The molecule has 120 valence electrons. The Kier molecular flexibility index (Phi) is 4.60. The van der Waals surface area contributed by atoms with E-state index in [9.17, 15) is 4.79 Å². The molecule has 0 amide bonds. The average Bonchev–Trinajstić information content (AvgIpc) is 2.76. The van der Waals surface area contributed by atoms with Gasteiger partial charge in [0.05, 0.1) is 13.0 Å². The number of piperidine rings is 1. The fourth-order valence-electron chi connectivity index (χ4n) is 4.35. The van der Waals surface area contributed by atoms with Gasteiger partial charge in [-0.15, -0.1) is 0 Å². The summed E-state index contributed by atoms with van der Waals surface area (Å²) >= 11 is 3.68. The maximum Gasteiger partial charge on any atom is 0.310 e. The van der Waals surface area contributed by atoms with Crippen LogP contribution in [-0.4, -0.2) is 37.1 Å². The number of methoxy groups -OCH3 is 1. The SMILES string of the molecule is CCc1ccc(C2CC3CCC(C2C(=O)OC)N3C)cc1Br.